The maximum absolute atomic E-state index is 11.9. The molecule has 0 aliphatic heterocycles. The van der Waals surface area contributed by atoms with Crippen molar-refractivity contribution < 1.29 is 4.79 Å². The normalized spacial score (nSPS) is 12.4. The van der Waals surface area contributed by atoms with Crippen LogP contribution in [0.5, 0.6) is 0 Å². The molecule has 0 fully saturated rings. The number of hydrogen-bond donors (Lipinski definition) is 1. The molecule has 0 saturated carbocycles. The molecule has 2 N–H and O–H groups in total. The van der Waals surface area contributed by atoms with E-state index in [0.717, 1.165) is 19.3 Å². The largest absolute Gasteiger partial charge is 0.349 e. The third kappa shape index (κ3) is 9.94. The molecule has 3 heteroatoms. The van der Waals surface area contributed by atoms with Gasteiger partial charge in [0.25, 0.3) is 0 Å². The summed E-state index contributed by atoms with van der Waals surface area (Å²) in [6.07, 6.45) is 12.4. The molecule has 0 saturated heterocycles. The van der Waals surface area contributed by atoms with E-state index in [1.165, 1.54) is 44.9 Å². The molecule has 0 aliphatic rings. The van der Waals surface area contributed by atoms with Crippen LogP contribution in [-0.2, 0) is 4.79 Å². The van der Waals surface area contributed by atoms with E-state index in [1.807, 2.05) is 14.1 Å². The molecule has 0 rings (SSSR count). The molecule has 1 atom stereocenters. The van der Waals surface area contributed by atoms with Crippen LogP contribution in [0.2, 0.25) is 0 Å². The van der Waals surface area contributed by atoms with Crippen LogP contribution in [0.25, 0.3) is 0 Å². The smallest absolute Gasteiger partial charge is 0.225 e. The number of hydrogen-bond acceptors (Lipinski definition) is 2. The minimum absolute atomic E-state index is 0.139. The number of unbranched alkanes of at least 4 members (excludes halogenated alkanes) is 7. The van der Waals surface area contributed by atoms with Crippen LogP contribution in [-0.4, -0.2) is 31.4 Å². The lowest BCUT2D eigenvalue weighted by molar-refractivity contribution is -0.133. The molecule has 114 valence electrons. The molecule has 0 bridgehead atoms. The van der Waals surface area contributed by atoms with Crippen molar-refractivity contribution >= 4 is 5.91 Å². The second-order valence-electron chi connectivity index (χ2n) is 5.77. The molecule has 0 radical (unpaired) electrons. The van der Waals surface area contributed by atoms with Crippen molar-refractivity contribution in [1.29, 1.82) is 0 Å². The summed E-state index contributed by atoms with van der Waals surface area (Å²) in [6.45, 7) is 2.86. The van der Waals surface area contributed by atoms with Crippen LogP contribution in [0.4, 0.5) is 0 Å². The van der Waals surface area contributed by atoms with Crippen LogP contribution in [0.1, 0.15) is 71.1 Å². The average Bonchev–Trinajstić information content (AvgIpc) is 2.39. The van der Waals surface area contributed by atoms with E-state index in [4.69, 9.17) is 5.73 Å². The van der Waals surface area contributed by atoms with Crippen LogP contribution in [0.15, 0.2) is 0 Å². The number of rotatable bonds is 12. The summed E-state index contributed by atoms with van der Waals surface area (Å²) >= 11 is 0. The lowest BCUT2D eigenvalue weighted by atomic mass is 9.96. The Morgan fingerprint density at radius 3 is 1.95 bits per heavy atom. The fourth-order valence-electron chi connectivity index (χ4n) is 2.48. The summed E-state index contributed by atoms with van der Waals surface area (Å²) in [4.78, 5) is 13.6. The zero-order valence-electron chi connectivity index (χ0n) is 13.3. The lowest BCUT2D eigenvalue weighted by Gasteiger charge is -2.19. The molecule has 1 unspecified atom stereocenters. The van der Waals surface area contributed by atoms with Gasteiger partial charge in [-0.15, -0.1) is 0 Å². The first-order valence-corrected chi connectivity index (χ1v) is 8.04. The number of carbonyl (C=O) groups is 1. The highest BCUT2D eigenvalue weighted by Crippen LogP contribution is 2.17. The molecular formula is C16H34N2O. The predicted octanol–water partition coefficient (Wildman–Crippen LogP) is 3.57. The Kier molecular flexibility index (Phi) is 12.1. The molecule has 0 aromatic carbocycles. The predicted molar refractivity (Wildman–Crippen MR) is 83.1 cm³/mol. The molecule has 0 aliphatic carbocycles. The van der Waals surface area contributed by atoms with Crippen LogP contribution in [0.3, 0.4) is 0 Å². The topological polar surface area (TPSA) is 46.3 Å². The Balaban J connectivity index is 3.62. The van der Waals surface area contributed by atoms with Gasteiger partial charge in [0, 0.05) is 20.0 Å². The first-order valence-electron chi connectivity index (χ1n) is 8.04. The maximum atomic E-state index is 11.9. The van der Waals surface area contributed by atoms with Crippen molar-refractivity contribution in [3.63, 3.8) is 0 Å². The molecule has 0 aromatic heterocycles. The van der Waals surface area contributed by atoms with Gasteiger partial charge in [-0.25, -0.2) is 0 Å². The van der Waals surface area contributed by atoms with Gasteiger partial charge in [0.2, 0.25) is 5.91 Å². The third-order valence-electron chi connectivity index (χ3n) is 3.71. The fourth-order valence-corrected chi connectivity index (χ4v) is 2.48. The average molecular weight is 270 g/mol. The molecule has 19 heavy (non-hydrogen) atoms. The molecule has 3 nitrogen and oxygen atoms in total. The van der Waals surface area contributed by atoms with Gasteiger partial charge in [-0.1, -0.05) is 58.3 Å². The van der Waals surface area contributed by atoms with Crippen LogP contribution < -0.4 is 5.73 Å². The standard InChI is InChI=1S/C16H34N2O/c1-4-5-6-7-8-9-10-11-12-15(13-14-17)16(19)18(2)3/h15H,4-14,17H2,1-3H3. The first-order chi connectivity index (χ1) is 9.13. The van der Waals surface area contributed by atoms with Gasteiger partial charge in [-0.3, -0.25) is 4.79 Å². The van der Waals surface area contributed by atoms with Crippen molar-refractivity contribution in [3.05, 3.63) is 0 Å². The van der Waals surface area contributed by atoms with E-state index >= 15 is 0 Å². The van der Waals surface area contributed by atoms with Gasteiger partial charge < -0.3 is 10.6 Å². The van der Waals surface area contributed by atoms with E-state index in [0.29, 0.717) is 6.54 Å². The van der Waals surface area contributed by atoms with Gasteiger partial charge in [-0.05, 0) is 19.4 Å². The molecule has 0 aromatic rings. The van der Waals surface area contributed by atoms with Crippen molar-refractivity contribution in [2.75, 3.05) is 20.6 Å². The highest BCUT2D eigenvalue weighted by molar-refractivity contribution is 5.78. The highest BCUT2D eigenvalue weighted by atomic mass is 16.2. The minimum atomic E-state index is 0.139. The second kappa shape index (κ2) is 12.5. The van der Waals surface area contributed by atoms with Gasteiger partial charge in [-0.2, -0.15) is 0 Å². The number of amides is 1. The van der Waals surface area contributed by atoms with Crippen LogP contribution >= 0.6 is 0 Å². The number of carbonyl (C=O) groups excluding carboxylic acids is 1. The SMILES string of the molecule is CCCCCCCCCCC(CCN)C(=O)N(C)C. The highest BCUT2D eigenvalue weighted by Gasteiger charge is 2.18. The minimum Gasteiger partial charge on any atom is -0.349 e. The zero-order chi connectivity index (χ0) is 14.5. The Morgan fingerprint density at radius 1 is 0.947 bits per heavy atom. The monoisotopic (exact) mass is 270 g/mol. The summed E-state index contributed by atoms with van der Waals surface area (Å²) in [5, 5.41) is 0. The number of nitrogens with zero attached hydrogens (tertiary/aromatic N) is 1. The second-order valence-corrected chi connectivity index (χ2v) is 5.77. The van der Waals surface area contributed by atoms with E-state index in [9.17, 15) is 4.79 Å². The molecule has 0 heterocycles. The van der Waals surface area contributed by atoms with Gasteiger partial charge in [0.05, 0.1) is 0 Å². The summed E-state index contributed by atoms with van der Waals surface area (Å²) < 4.78 is 0. The van der Waals surface area contributed by atoms with Gasteiger partial charge in [0.15, 0.2) is 0 Å². The van der Waals surface area contributed by atoms with Gasteiger partial charge in [0.1, 0.15) is 0 Å². The van der Waals surface area contributed by atoms with E-state index < -0.39 is 0 Å². The van der Waals surface area contributed by atoms with E-state index in [2.05, 4.69) is 6.92 Å². The quantitative estimate of drug-likeness (QED) is 0.551. The van der Waals surface area contributed by atoms with E-state index in [-0.39, 0.29) is 11.8 Å². The van der Waals surface area contributed by atoms with Crippen molar-refractivity contribution in [1.82, 2.24) is 4.90 Å². The Bertz CT molecular complexity index is 217. The zero-order valence-corrected chi connectivity index (χ0v) is 13.3. The lowest BCUT2D eigenvalue weighted by Crippen LogP contribution is -2.31. The fraction of sp³-hybridized carbons (Fsp3) is 0.938. The van der Waals surface area contributed by atoms with Crippen LogP contribution in [0, 0.1) is 5.92 Å². The molecule has 1 amide bonds. The summed E-state index contributed by atoms with van der Waals surface area (Å²) in [6, 6.07) is 0. The van der Waals surface area contributed by atoms with Crippen molar-refractivity contribution in [3.8, 4) is 0 Å². The summed E-state index contributed by atoms with van der Waals surface area (Å²) in [5.74, 6) is 0.383. The first kappa shape index (κ1) is 18.4. The van der Waals surface area contributed by atoms with Crippen molar-refractivity contribution in [2.24, 2.45) is 11.7 Å². The van der Waals surface area contributed by atoms with Crippen molar-refractivity contribution in [2.45, 2.75) is 71.1 Å². The van der Waals surface area contributed by atoms with Gasteiger partial charge >= 0.3 is 0 Å². The van der Waals surface area contributed by atoms with E-state index in [1.54, 1.807) is 4.90 Å². The Labute approximate surface area is 119 Å². The Morgan fingerprint density at radius 2 is 1.47 bits per heavy atom. The summed E-state index contributed by atoms with van der Waals surface area (Å²) in [7, 11) is 3.67. The maximum Gasteiger partial charge on any atom is 0.225 e. The molecule has 0 spiro atoms. The Hall–Kier alpha value is -0.570. The molecular weight excluding hydrogens is 236 g/mol. The third-order valence-corrected chi connectivity index (χ3v) is 3.71. The summed E-state index contributed by atoms with van der Waals surface area (Å²) in [5.41, 5.74) is 5.60. The number of nitrogens with two attached hydrogens (primary N) is 1.